The molecule has 0 aliphatic carbocycles. The summed E-state index contributed by atoms with van der Waals surface area (Å²) in [4.78, 5) is 39.8. The van der Waals surface area contributed by atoms with Crippen molar-refractivity contribution in [1.29, 1.82) is 0 Å². The van der Waals surface area contributed by atoms with Crippen molar-refractivity contribution in [2.45, 2.75) is 6.92 Å². The van der Waals surface area contributed by atoms with Gasteiger partial charge in [0.2, 0.25) is 0 Å². The van der Waals surface area contributed by atoms with E-state index in [4.69, 9.17) is 4.74 Å². The Hall–Kier alpha value is -3.06. The van der Waals surface area contributed by atoms with E-state index >= 15 is 0 Å². The highest BCUT2D eigenvalue weighted by atomic mass is 16.5. The monoisotopic (exact) mass is 341 g/mol. The minimum absolute atomic E-state index is 0.0936. The van der Waals surface area contributed by atoms with Crippen LogP contribution in [0.4, 0.5) is 5.69 Å². The quantitative estimate of drug-likeness (QED) is 0.592. The predicted octanol–water partition coefficient (Wildman–Crippen LogP) is 1.91. The minimum atomic E-state index is -0.466. The first-order chi connectivity index (χ1) is 12.0. The topological polar surface area (TPSA) is 97.4 Å². The first-order valence-electron chi connectivity index (χ1n) is 7.68. The number of carbonyl (C=O) groups is 3. The van der Waals surface area contributed by atoms with Gasteiger partial charge in [0.15, 0.2) is 5.78 Å². The van der Waals surface area contributed by atoms with Crippen LogP contribution in [0.3, 0.4) is 0 Å². The van der Waals surface area contributed by atoms with Gasteiger partial charge in [-0.05, 0) is 31.2 Å². The van der Waals surface area contributed by atoms with Gasteiger partial charge in [0.05, 0.1) is 6.61 Å². The summed E-state index contributed by atoms with van der Waals surface area (Å²) >= 11 is 0. The average Bonchev–Trinajstić information content (AvgIpc) is 2.62. The largest absolute Gasteiger partial charge is 0.383 e. The third-order valence-electron chi connectivity index (χ3n) is 3.33. The van der Waals surface area contributed by atoms with E-state index in [2.05, 4.69) is 15.6 Å². The third-order valence-corrected chi connectivity index (χ3v) is 3.33. The zero-order chi connectivity index (χ0) is 18.2. The number of nitrogens with zero attached hydrogens (tertiary/aromatic N) is 1. The van der Waals surface area contributed by atoms with E-state index in [9.17, 15) is 14.4 Å². The number of benzene rings is 1. The summed E-state index contributed by atoms with van der Waals surface area (Å²) in [6, 6.07) is 11.2. The molecule has 0 bridgehead atoms. The molecular formula is C18H19N3O4. The normalized spacial score (nSPS) is 10.2. The highest BCUT2D eigenvalue weighted by Crippen LogP contribution is 2.12. The van der Waals surface area contributed by atoms with Crippen LogP contribution in [0.15, 0.2) is 42.5 Å². The number of nitrogens with one attached hydrogen (secondary N) is 2. The number of methoxy groups -OCH3 is 1. The first-order valence-corrected chi connectivity index (χ1v) is 7.68. The van der Waals surface area contributed by atoms with Gasteiger partial charge in [0.25, 0.3) is 11.8 Å². The lowest BCUT2D eigenvalue weighted by molar-refractivity contribution is 0.0931. The second-order valence-corrected chi connectivity index (χ2v) is 5.25. The Balaban J connectivity index is 2.09. The van der Waals surface area contributed by atoms with Crippen LogP contribution in [0, 0.1) is 0 Å². The van der Waals surface area contributed by atoms with Crippen LogP contribution in [0.1, 0.15) is 38.3 Å². The van der Waals surface area contributed by atoms with E-state index < -0.39 is 5.91 Å². The van der Waals surface area contributed by atoms with Crippen molar-refractivity contribution in [3.05, 3.63) is 59.4 Å². The molecule has 0 aliphatic heterocycles. The molecule has 7 nitrogen and oxygen atoms in total. The number of amides is 2. The van der Waals surface area contributed by atoms with E-state index in [1.807, 2.05) is 0 Å². The van der Waals surface area contributed by atoms with E-state index in [0.29, 0.717) is 24.4 Å². The molecule has 1 aromatic carbocycles. The number of anilines is 1. The minimum Gasteiger partial charge on any atom is -0.383 e. The molecule has 0 saturated heterocycles. The SMILES string of the molecule is COCCNC(=O)c1cccc(C(=O)Nc2cccc(C(C)=O)c2)n1. The molecule has 0 atom stereocenters. The Morgan fingerprint density at radius 2 is 1.72 bits per heavy atom. The Labute approximate surface area is 145 Å². The fourth-order valence-corrected chi connectivity index (χ4v) is 2.06. The van der Waals surface area contributed by atoms with Gasteiger partial charge in [-0.25, -0.2) is 4.98 Å². The molecule has 0 fully saturated rings. The van der Waals surface area contributed by atoms with Gasteiger partial charge in [-0.15, -0.1) is 0 Å². The predicted molar refractivity (Wildman–Crippen MR) is 92.8 cm³/mol. The summed E-state index contributed by atoms with van der Waals surface area (Å²) in [6.07, 6.45) is 0. The number of aromatic nitrogens is 1. The molecule has 1 aromatic heterocycles. The van der Waals surface area contributed by atoms with Crippen molar-refractivity contribution >= 4 is 23.3 Å². The number of Topliss-reactive ketones (excluding diaryl/α,β-unsaturated/α-hetero) is 1. The van der Waals surface area contributed by atoms with Crippen molar-refractivity contribution in [3.8, 4) is 0 Å². The Morgan fingerprint density at radius 3 is 2.40 bits per heavy atom. The van der Waals surface area contributed by atoms with Crippen LogP contribution in [-0.2, 0) is 4.74 Å². The Bertz CT molecular complexity index is 789. The van der Waals surface area contributed by atoms with Crippen LogP contribution in [0.25, 0.3) is 0 Å². The van der Waals surface area contributed by atoms with Crippen LogP contribution in [0.2, 0.25) is 0 Å². The number of hydrogen-bond acceptors (Lipinski definition) is 5. The van der Waals surface area contributed by atoms with Gasteiger partial charge in [-0.2, -0.15) is 0 Å². The fraction of sp³-hybridized carbons (Fsp3) is 0.222. The molecule has 2 N–H and O–H groups in total. The fourth-order valence-electron chi connectivity index (χ4n) is 2.06. The van der Waals surface area contributed by atoms with Crippen molar-refractivity contribution in [3.63, 3.8) is 0 Å². The second-order valence-electron chi connectivity index (χ2n) is 5.25. The number of ketones is 1. The average molecular weight is 341 g/mol. The molecule has 1 heterocycles. The van der Waals surface area contributed by atoms with E-state index in [1.165, 1.54) is 26.2 Å². The number of pyridine rings is 1. The molecule has 0 saturated carbocycles. The van der Waals surface area contributed by atoms with E-state index in [1.54, 1.807) is 30.3 Å². The smallest absolute Gasteiger partial charge is 0.274 e. The molecule has 2 amide bonds. The third kappa shape index (κ3) is 5.22. The number of rotatable bonds is 7. The first kappa shape index (κ1) is 18.3. The maximum absolute atomic E-state index is 12.3. The summed E-state index contributed by atoms with van der Waals surface area (Å²) in [5.41, 5.74) is 1.22. The summed E-state index contributed by atoms with van der Waals surface area (Å²) in [5.74, 6) is -0.943. The Kier molecular flexibility index (Phi) is 6.36. The van der Waals surface area contributed by atoms with Gasteiger partial charge < -0.3 is 15.4 Å². The molecule has 0 aliphatic rings. The van der Waals surface area contributed by atoms with Crippen LogP contribution in [0.5, 0.6) is 0 Å². The molecular weight excluding hydrogens is 322 g/mol. The second kappa shape index (κ2) is 8.70. The Morgan fingerprint density at radius 1 is 1.04 bits per heavy atom. The lowest BCUT2D eigenvalue weighted by Crippen LogP contribution is -2.28. The molecule has 7 heteroatoms. The standard InChI is InChI=1S/C18H19N3O4/c1-12(22)13-5-3-6-14(11-13)20-18(24)16-8-4-7-15(21-16)17(23)19-9-10-25-2/h3-8,11H,9-10H2,1-2H3,(H,19,23)(H,20,24). The van der Waals surface area contributed by atoms with Crippen molar-refractivity contribution in [2.24, 2.45) is 0 Å². The molecule has 0 radical (unpaired) electrons. The molecule has 2 rings (SSSR count). The summed E-state index contributed by atoms with van der Waals surface area (Å²) in [5, 5.41) is 5.31. The maximum atomic E-state index is 12.3. The lowest BCUT2D eigenvalue weighted by Gasteiger charge is -2.08. The summed E-state index contributed by atoms with van der Waals surface area (Å²) in [7, 11) is 1.54. The van der Waals surface area contributed by atoms with Crippen LogP contribution < -0.4 is 10.6 Å². The zero-order valence-electron chi connectivity index (χ0n) is 14.0. The van der Waals surface area contributed by atoms with Crippen LogP contribution >= 0.6 is 0 Å². The van der Waals surface area contributed by atoms with Crippen LogP contribution in [-0.4, -0.2) is 42.8 Å². The molecule has 130 valence electrons. The van der Waals surface area contributed by atoms with Crippen molar-refractivity contribution in [1.82, 2.24) is 10.3 Å². The van der Waals surface area contributed by atoms with Gasteiger partial charge >= 0.3 is 0 Å². The molecule has 25 heavy (non-hydrogen) atoms. The lowest BCUT2D eigenvalue weighted by atomic mass is 10.1. The van der Waals surface area contributed by atoms with Gasteiger partial charge in [0, 0.05) is 24.9 Å². The van der Waals surface area contributed by atoms with Gasteiger partial charge in [0.1, 0.15) is 11.4 Å². The molecule has 0 spiro atoms. The summed E-state index contributed by atoms with van der Waals surface area (Å²) in [6.45, 7) is 2.19. The number of hydrogen-bond donors (Lipinski definition) is 2. The highest BCUT2D eigenvalue weighted by molar-refractivity contribution is 6.04. The number of carbonyl (C=O) groups excluding carboxylic acids is 3. The van der Waals surface area contributed by atoms with E-state index in [-0.39, 0.29) is 23.1 Å². The summed E-state index contributed by atoms with van der Waals surface area (Å²) < 4.78 is 4.86. The van der Waals surface area contributed by atoms with Gasteiger partial charge in [-0.1, -0.05) is 18.2 Å². The van der Waals surface area contributed by atoms with Gasteiger partial charge in [-0.3, -0.25) is 14.4 Å². The van der Waals surface area contributed by atoms with Crippen molar-refractivity contribution < 1.29 is 19.1 Å². The number of ether oxygens (including phenoxy) is 1. The van der Waals surface area contributed by atoms with E-state index in [0.717, 1.165) is 0 Å². The molecule has 2 aromatic rings. The maximum Gasteiger partial charge on any atom is 0.274 e. The zero-order valence-corrected chi connectivity index (χ0v) is 14.0. The molecule has 0 unspecified atom stereocenters. The highest BCUT2D eigenvalue weighted by Gasteiger charge is 2.13. The van der Waals surface area contributed by atoms with Crippen molar-refractivity contribution in [2.75, 3.05) is 25.6 Å².